The van der Waals surface area contributed by atoms with Crippen LogP contribution in [-0.2, 0) is 4.74 Å². The number of thiophene rings is 1. The van der Waals surface area contributed by atoms with Gasteiger partial charge in [-0.15, -0.1) is 11.3 Å². The number of esters is 1. The molecule has 0 aromatic carbocycles. The third-order valence-corrected chi connectivity index (χ3v) is 5.19. The molecule has 25 heavy (non-hydrogen) atoms. The van der Waals surface area contributed by atoms with E-state index in [4.69, 9.17) is 4.74 Å². The van der Waals surface area contributed by atoms with Crippen molar-refractivity contribution in [2.45, 2.75) is 26.7 Å². The fourth-order valence-electron chi connectivity index (χ4n) is 2.90. The number of aryl methyl sites for hydroxylation is 2. The smallest absolute Gasteiger partial charge is 0.339 e. The fourth-order valence-corrected chi connectivity index (χ4v) is 3.81. The molecular formula is C18H20N2O4S. The van der Waals surface area contributed by atoms with Gasteiger partial charge in [-0.2, -0.15) is 0 Å². The molecule has 1 aliphatic heterocycles. The minimum atomic E-state index is -0.501. The third kappa shape index (κ3) is 3.82. The summed E-state index contributed by atoms with van der Waals surface area (Å²) in [5.74, 6) is -0.938. The summed E-state index contributed by atoms with van der Waals surface area (Å²) in [5, 5.41) is 0. The van der Waals surface area contributed by atoms with Crippen molar-refractivity contribution in [2.75, 3.05) is 19.7 Å². The van der Waals surface area contributed by atoms with Crippen molar-refractivity contribution in [3.8, 4) is 0 Å². The van der Waals surface area contributed by atoms with Crippen LogP contribution in [0.5, 0.6) is 0 Å². The molecule has 1 amide bonds. The second-order valence-electron chi connectivity index (χ2n) is 6.13. The maximum absolute atomic E-state index is 12.3. The van der Waals surface area contributed by atoms with Gasteiger partial charge in [-0.25, -0.2) is 4.79 Å². The lowest BCUT2D eigenvalue weighted by molar-refractivity contribution is 0.0474. The number of nitrogens with zero attached hydrogens (tertiary/aromatic N) is 1. The van der Waals surface area contributed by atoms with Crippen molar-refractivity contribution >= 4 is 29.0 Å². The van der Waals surface area contributed by atoms with Gasteiger partial charge in [-0.1, -0.05) is 0 Å². The Kier molecular flexibility index (Phi) is 5.03. The molecule has 0 bridgehead atoms. The molecule has 7 heteroatoms. The molecule has 0 spiro atoms. The zero-order chi connectivity index (χ0) is 18.0. The lowest BCUT2D eigenvalue weighted by Crippen LogP contribution is -2.27. The van der Waals surface area contributed by atoms with Crippen LogP contribution in [0.1, 0.15) is 53.8 Å². The Labute approximate surface area is 149 Å². The van der Waals surface area contributed by atoms with Crippen LogP contribution in [0, 0.1) is 13.8 Å². The molecule has 0 unspecified atom stereocenters. The summed E-state index contributed by atoms with van der Waals surface area (Å²) < 4.78 is 5.12. The summed E-state index contributed by atoms with van der Waals surface area (Å²) in [7, 11) is 0. The molecule has 0 aliphatic carbocycles. The zero-order valence-corrected chi connectivity index (χ0v) is 15.1. The number of Topliss-reactive ketones (excluding diaryl/α,β-unsaturated/α-hetero) is 1. The van der Waals surface area contributed by atoms with Gasteiger partial charge in [0.05, 0.1) is 5.56 Å². The van der Waals surface area contributed by atoms with Crippen LogP contribution in [0.25, 0.3) is 0 Å². The average molecular weight is 360 g/mol. The van der Waals surface area contributed by atoms with Crippen molar-refractivity contribution in [1.82, 2.24) is 9.88 Å². The normalized spacial score (nSPS) is 13.9. The number of nitrogens with one attached hydrogen (secondary N) is 1. The van der Waals surface area contributed by atoms with E-state index in [1.807, 2.05) is 13.8 Å². The van der Waals surface area contributed by atoms with E-state index in [1.54, 1.807) is 11.0 Å². The molecule has 132 valence electrons. The second-order valence-corrected chi connectivity index (χ2v) is 7.59. The van der Waals surface area contributed by atoms with E-state index in [9.17, 15) is 14.4 Å². The lowest BCUT2D eigenvalue weighted by Gasteiger charge is -2.13. The Balaban J connectivity index is 1.59. The molecule has 2 aromatic heterocycles. The van der Waals surface area contributed by atoms with E-state index in [2.05, 4.69) is 4.98 Å². The summed E-state index contributed by atoms with van der Waals surface area (Å²) in [6, 6.07) is 3.28. The van der Waals surface area contributed by atoms with Gasteiger partial charge < -0.3 is 14.6 Å². The van der Waals surface area contributed by atoms with Crippen LogP contribution in [-0.4, -0.2) is 47.2 Å². The molecule has 1 saturated heterocycles. The predicted octanol–water partition coefficient (Wildman–Crippen LogP) is 2.97. The van der Waals surface area contributed by atoms with Crippen LogP contribution >= 0.6 is 11.3 Å². The highest BCUT2D eigenvalue weighted by molar-refractivity contribution is 7.12. The quantitative estimate of drug-likeness (QED) is 0.657. The van der Waals surface area contributed by atoms with Gasteiger partial charge in [0.25, 0.3) is 5.91 Å². The largest absolute Gasteiger partial charge is 0.454 e. The van der Waals surface area contributed by atoms with E-state index in [-0.39, 0.29) is 18.3 Å². The predicted molar refractivity (Wildman–Crippen MR) is 94.3 cm³/mol. The highest BCUT2D eigenvalue weighted by Gasteiger charge is 2.22. The Morgan fingerprint density at radius 3 is 2.56 bits per heavy atom. The first-order valence-electron chi connectivity index (χ1n) is 8.21. The maximum atomic E-state index is 12.3. The minimum absolute atomic E-state index is 0.0992. The number of carbonyl (C=O) groups is 3. The Bertz CT molecular complexity index is 815. The maximum Gasteiger partial charge on any atom is 0.339 e. The molecule has 3 rings (SSSR count). The van der Waals surface area contributed by atoms with Gasteiger partial charge >= 0.3 is 5.97 Å². The van der Waals surface area contributed by atoms with Gasteiger partial charge in [-0.05, 0) is 38.8 Å². The summed E-state index contributed by atoms with van der Waals surface area (Å²) in [5.41, 5.74) is 1.23. The Morgan fingerprint density at radius 2 is 1.92 bits per heavy atom. The van der Waals surface area contributed by atoms with Gasteiger partial charge in [0.2, 0.25) is 5.78 Å². The van der Waals surface area contributed by atoms with Crippen LogP contribution < -0.4 is 0 Å². The number of amides is 1. The lowest BCUT2D eigenvalue weighted by atomic mass is 10.2. The number of hydrogen-bond donors (Lipinski definition) is 1. The highest BCUT2D eigenvalue weighted by Crippen LogP contribution is 2.21. The molecular weight excluding hydrogens is 340 g/mol. The van der Waals surface area contributed by atoms with Crippen LogP contribution in [0.4, 0.5) is 0 Å². The van der Waals surface area contributed by atoms with Crippen molar-refractivity contribution in [1.29, 1.82) is 0 Å². The number of carbonyl (C=O) groups excluding carboxylic acids is 3. The fraction of sp³-hybridized carbons (Fsp3) is 0.389. The molecule has 0 atom stereocenters. The molecule has 0 saturated carbocycles. The number of ketones is 1. The van der Waals surface area contributed by atoms with Crippen LogP contribution in [0.2, 0.25) is 0 Å². The average Bonchev–Trinajstić information content (AvgIpc) is 3.32. The third-order valence-electron chi connectivity index (χ3n) is 4.22. The van der Waals surface area contributed by atoms with Crippen molar-refractivity contribution in [3.05, 3.63) is 44.9 Å². The molecule has 3 heterocycles. The van der Waals surface area contributed by atoms with Crippen LogP contribution in [0.15, 0.2) is 18.3 Å². The van der Waals surface area contributed by atoms with Crippen LogP contribution in [0.3, 0.4) is 0 Å². The monoisotopic (exact) mass is 360 g/mol. The van der Waals surface area contributed by atoms with E-state index in [1.165, 1.54) is 23.6 Å². The Morgan fingerprint density at radius 1 is 1.20 bits per heavy atom. The number of H-pyrrole nitrogens is 1. The van der Waals surface area contributed by atoms with Gasteiger partial charge in [0.15, 0.2) is 6.61 Å². The standard InChI is InChI=1S/C18H20N2O4S/c1-11-7-14(12(2)25-11)18(23)24-10-16(21)13-8-15(19-9-13)17(22)20-5-3-4-6-20/h7-9,19H,3-6,10H2,1-2H3. The summed E-state index contributed by atoms with van der Waals surface area (Å²) in [4.78, 5) is 43.0. The first kappa shape index (κ1) is 17.4. The second kappa shape index (κ2) is 7.23. The number of aromatic amines is 1. The summed E-state index contributed by atoms with van der Waals surface area (Å²) in [6.07, 6.45) is 3.50. The summed E-state index contributed by atoms with van der Waals surface area (Å²) in [6.45, 7) is 4.91. The summed E-state index contributed by atoms with van der Waals surface area (Å²) >= 11 is 1.51. The van der Waals surface area contributed by atoms with E-state index >= 15 is 0 Å². The number of hydrogen-bond acceptors (Lipinski definition) is 5. The number of likely N-dealkylation sites (tertiary alicyclic amines) is 1. The molecule has 2 aromatic rings. The van der Waals surface area contributed by atoms with Gasteiger partial charge in [0.1, 0.15) is 5.69 Å². The molecule has 1 N–H and O–H groups in total. The molecule has 0 radical (unpaired) electrons. The van der Waals surface area contributed by atoms with Gasteiger partial charge in [-0.3, -0.25) is 9.59 Å². The van der Waals surface area contributed by atoms with Gasteiger partial charge in [0, 0.05) is 34.6 Å². The van der Waals surface area contributed by atoms with Crippen molar-refractivity contribution < 1.29 is 19.1 Å². The zero-order valence-electron chi connectivity index (χ0n) is 14.3. The number of aromatic nitrogens is 1. The first-order valence-corrected chi connectivity index (χ1v) is 9.02. The van der Waals surface area contributed by atoms with E-state index in [0.29, 0.717) is 16.8 Å². The SMILES string of the molecule is Cc1cc(C(=O)OCC(=O)c2c[nH]c(C(=O)N3CCCC3)c2)c(C)s1. The molecule has 6 nitrogen and oxygen atoms in total. The number of ether oxygens (including phenoxy) is 1. The molecule has 1 aliphatic rings. The topological polar surface area (TPSA) is 79.5 Å². The van der Waals surface area contributed by atoms with Crippen molar-refractivity contribution in [2.24, 2.45) is 0 Å². The molecule has 1 fully saturated rings. The highest BCUT2D eigenvalue weighted by atomic mass is 32.1. The van der Waals surface area contributed by atoms with E-state index < -0.39 is 5.97 Å². The van der Waals surface area contributed by atoms with E-state index in [0.717, 1.165) is 35.7 Å². The number of rotatable bonds is 5. The Hall–Kier alpha value is -2.41. The van der Waals surface area contributed by atoms with Crippen molar-refractivity contribution in [3.63, 3.8) is 0 Å². The minimum Gasteiger partial charge on any atom is -0.454 e. The first-order chi connectivity index (χ1) is 12.0.